The summed E-state index contributed by atoms with van der Waals surface area (Å²) in [5.74, 6) is -0.539. The molecule has 1 atom stereocenters. The molecule has 0 aliphatic heterocycles. The second-order valence-corrected chi connectivity index (χ2v) is 6.22. The van der Waals surface area contributed by atoms with Gasteiger partial charge in [-0.05, 0) is 29.5 Å². The first kappa shape index (κ1) is 16.4. The van der Waals surface area contributed by atoms with Crippen molar-refractivity contribution in [3.8, 4) is 5.69 Å². The zero-order valence-corrected chi connectivity index (χ0v) is 13.5. The Kier molecular flexibility index (Phi) is 4.26. The van der Waals surface area contributed by atoms with Gasteiger partial charge < -0.3 is 4.57 Å². The van der Waals surface area contributed by atoms with Gasteiger partial charge in [0.15, 0.2) is 11.0 Å². The normalized spacial score (nSPS) is 13.2. The highest BCUT2D eigenvalue weighted by atomic mass is 32.2. The fourth-order valence-corrected chi connectivity index (χ4v) is 2.98. The van der Waals surface area contributed by atoms with Crippen LogP contribution in [0.1, 0.15) is 23.8 Å². The summed E-state index contributed by atoms with van der Waals surface area (Å²) in [5, 5.41) is 18.2. The summed E-state index contributed by atoms with van der Waals surface area (Å²) < 4.78 is 40.8. The van der Waals surface area contributed by atoms with Gasteiger partial charge in [0.25, 0.3) is 0 Å². The van der Waals surface area contributed by atoms with Crippen molar-refractivity contribution in [1.82, 2.24) is 35.0 Å². The number of hydrogen-bond donors (Lipinski definition) is 0. The van der Waals surface area contributed by atoms with E-state index in [4.69, 9.17) is 0 Å². The molecule has 11 heteroatoms. The molecule has 2 aromatic heterocycles. The smallest absolute Gasteiger partial charge is 0.302 e. The number of alkyl halides is 3. The molecule has 0 amide bonds. The average Bonchev–Trinajstić information content (AvgIpc) is 3.15. The highest BCUT2D eigenvalue weighted by Crippen LogP contribution is 2.35. The molecule has 1 aromatic carbocycles. The van der Waals surface area contributed by atoms with Gasteiger partial charge in [-0.25, -0.2) is 0 Å². The summed E-state index contributed by atoms with van der Waals surface area (Å²) in [6.07, 6.45) is -4.55. The van der Waals surface area contributed by atoms with Gasteiger partial charge in [0, 0.05) is 7.05 Å². The second-order valence-electron chi connectivity index (χ2n) is 4.91. The van der Waals surface area contributed by atoms with Crippen molar-refractivity contribution >= 4 is 11.8 Å². The zero-order valence-electron chi connectivity index (χ0n) is 12.6. The lowest BCUT2D eigenvalue weighted by molar-refractivity contribution is -0.147. The predicted molar refractivity (Wildman–Crippen MR) is 79.4 cm³/mol. The third kappa shape index (κ3) is 3.11. The number of para-hydroxylation sites is 1. The number of halogens is 3. The Labute approximate surface area is 138 Å². The summed E-state index contributed by atoms with van der Waals surface area (Å²) in [6.45, 7) is 1.79. The number of aromatic nitrogens is 7. The Morgan fingerprint density at radius 3 is 2.42 bits per heavy atom. The quantitative estimate of drug-likeness (QED) is 0.670. The third-order valence-electron chi connectivity index (χ3n) is 3.23. The van der Waals surface area contributed by atoms with Crippen LogP contribution in [0.25, 0.3) is 5.69 Å². The fourth-order valence-electron chi connectivity index (χ4n) is 2.08. The number of nitrogens with zero attached hydrogens (tertiary/aromatic N) is 7. The number of thioether (sulfide) groups is 1. The Morgan fingerprint density at radius 1 is 1.08 bits per heavy atom. The van der Waals surface area contributed by atoms with Crippen molar-refractivity contribution in [3.63, 3.8) is 0 Å². The van der Waals surface area contributed by atoms with Crippen LogP contribution in [0.4, 0.5) is 13.2 Å². The van der Waals surface area contributed by atoms with E-state index in [-0.39, 0.29) is 10.4 Å². The van der Waals surface area contributed by atoms with Crippen LogP contribution in [0.5, 0.6) is 0 Å². The maximum atomic E-state index is 12.8. The van der Waals surface area contributed by atoms with Crippen LogP contribution in [-0.2, 0) is 13.2 Å². The molecule has 0 N–H and O–H groups in total. The minimum absolute atomic E-state index is 0.137. The molecule has 3 aromatic rings. The van der Waals surface area contributed by atoms with E-state index in [1.165, 1.54) is 7.05 Å². The van der Waals surface area contributed by atoms with E-state index in [9.17, 15) is 13.2 Å². The monoisotopic (exact) mass is 355 g/mol. The van der Waals surface area contributed by atoms with Gasteiger partial charge in [-0.3, -0.25) is 0 Å². The molecule has 0 aliphatic carbocycles. The first-order valence-corrected chi connectivity index (χ1v) is 7.73. The van der Waals surface area contributed by atoms with Gasteiger partial charge in [-0.15, -0.1) is 15.3 Å². The summed E-state index contributed by atoms with van der Waals surface area (Å²) in [4.78, 5) is 0. The lowest BCUT2D eigenvalue weighted by Gasteiger charge is -2.11. The number of hydrogen-bond acceptors (Lipinski definition) is 6. The Bertz CT molecular complexity index is 828. The van der Waals surface area contributed by atoms with E-state index in [1.54, 1.807) is 11.6 Å². The van der Waals surface area contributed by atoms with E-state index >= 15 is 0 Å². The lowest BCUT2D eigenvalue weighted by Crippen LogP contribution is -2.13. The van der Waals surface area contributed by atoms with Crippen molar-refractivity contribution in [2.24, 2.45) is 7.05 Å². The maximum Gasteiger partial charge on any atom is 0.451 e. The Morgan fingerprint density at radius 2 is 1.79 bits per heavy atom. The molecule has 0 saturated heterocycles. The highest BCUT2D eigenvalue weighted by molar-refractivity contribution is 7.99. The molecule has 0 aliphatic rings. The van der Waals surface area contributed by atoms with Crippen molar-refractivity contribution in [3.05, 3.63) is 42.0 Å². The van der Waals surface area contributed by atoms with Gasteiger partial charge in [0.1, 0.15) is 0 Å². The lowest BCUT2D eigenvalue weighted by atomic mass is 10.3. The molecule has 24 heavy (non-hydrogen) atoms. The van der Waals surface area contributed by atoms with Crippen molar-refractivity contribution in [2.75, 3.05) is 0 Å². The number of tetrazole rings is 1. The van der Waals surface area contributed by atoms with Gasteiger partial charge in [0.2, 0.25) is 5.82 Å². The van der Waals surface area contributed by atoms with Crippen LogP contribution >= 0.6 is 11.8 Å². The average molecular weight is 355 g/mol. The van der Waals surface area contributed by atoms with Gasteiger partial charge >= 0.3 is 6.18 Å². The van der Waals surface area contributed by atoms with E-state index in [0.717, 1.165) is 22.0 Å². The highest BCUT2D eigenvalue weighted by Gasteiger charge is 2.37. The summed E-state index contributed by atoms with van der Waals surface area (Å²) in [7, 11) is 1.28. The van der Waals surface area contributed by atoms with Crippen LogP contribution in [0.2, 0.25) is 0 Å². The molecular formula is C13H12F3N7S. The molecule has 0 radical (unpaired) electrons. The maximum absolute atomic E-state index is 12.8. The summed E-state index contributed by atoms with van der Waals surface area (Å²) >= 11 is 1.10. The standard InChI is InChI=1S/C13H12F3N7S/c1-8(24-12-19-18-11(22(12)2)13(14,15)16)10-17-20-21-23(10)9-6-4-3-5-7-9/h3-8H,1-2H3/t8-/m0/s1. The van der Waals surface area contributed by atoms with Crippen LogP contribution < -0.4 is 0 Å². The van der Waals surface area contributed by atoms with Gasteiger partial charge in [-0.2, -0.15) is 17.9 Å². The molecule has 3 rings (SSSR count). The van der Waals surface area contributed by atoms with E-state index in [0.29, 0.717) is 5.82 Å². The molecule has 0 saturated carbocycles. The van der Waals surface area contributed by atoms with E-state index in [2.05, 4.69) is 25.7 Å². The molecular weight excluding hydrogens is 343 g/mol. The number of rotatable bonds is 4. The Balaban J connectivity index is 1.86. The molecule has 0 unspecified atom stereocenters. The minimum Gasteiger partial charge on any atom is -0.302 e. The molecule has 7 nitrogen and oxygen atoms in total. The third-order valence-corrected chi connectivity index (χ3v) is 4.36. The van der Waals surface area contributed by atoms with Crippen LogP contribution in [0.15, 0.2) is 35.5 Å². The van der Waals surface area contributed by atoms with Crippen molar-refractivity contribution < 1.29 is 13.2 Å². The minimum atomic E-state index is -4.55. The first-order chi connectivity index (χ1) is 11.4. The molecule has 2 heterocycles. The van der Waals surface area contributed by atoms with Crippen LogP contribution in [0.3, 0.4) is 0 Å². The van der Waals surface area contributed by atoms with Crippen molar-refractivity contribution in [1.29, 1.82) is 0 Å². The van der Waals surface area contributed by atoms with Gasteiger partial charge in [0.05, 0.1) is 10.9 Å². The number of benzene rings is 1. The largest absolute Gasteiger partial charge is 0.451 e. The summed E-state index contributed by atoms with van der Waals surface area (Å²) in [5.41, 5.74) is 0.763. The first-order valence-electron chi connectivity index (χ1n) is 6.85. The fraction of sp³-hybridized carbons (Fsp3) is 0.308. The molecule has 0 spiro atoms. The molecule has 126 valence electrons. The van der Waals surface area contributed by atoms with E-state index in [1.807, 2.05) is 30.3 Å². The van der Waals surface area contributed by atoms with Crippen LogP contribution in [-0.4, -0.2) is 35.0 Å². The van der Waals surface area contributed by atoms with E-state index < -0.39 is 12.0 Å². The van der Waals surface area contributed by atoms with Crippen molar-refractivity contribution in [2.45, 2.75) is 23.5 Å². The molecule has 0 fully saturated rings. The van der Waals surface area contributed by atoms with Crippen LogP contribution in [0, 0.1) is 0 Å². The second kappa shape index (κ2) is 6.23. The molecule has 0 bridgehead atoms. The Hall–Kier alpha value is -2.43. The SMILES string of the molecule is C[C@H](Sc1nnc(C(F)(F)F)n1C)c1nnnn1-c1ccccc1. The topological polar surface area (TPSA) is 74.3 Å². The van der Waals surface area contributed by atoms with Gasteiger partial charge in [-0.1, -0.05) is 30.0 Å². The predicted octanol–water partition coefficient (Wildman–Crippen LogP) is 2.66. The zero-order chi connectivity index (χ0) is 17.3. The summed E-state index contributed by atoms with van der Waals surface area (Å²) in [6, 6.07) is 9.22.